The van der Waals surface area contributed by atoms with Gasteiger partial charge in [0.1, 0.15) is 17.8 Å². The lowest BCUT2D eigenvalue weighted by molar-refractivity contribution is -0.149. The zero-order chi connectivity index (χ0) is 25.4. The molecule has 186 valence electrons. The number of hydrogen-bond acceptors (Lipinski definition) is 6. The standard InChI is InChI=1S/C25H30N4O6/c26-19(13-17-8-10-18(30)11-9-17)23(32)27-15-22(31)28-20(14-16-5-2-1-3-6-16)24(33)29-12-4-7-21(29)25(34)35/h1-3,5-6,8-11,19-21,30H,4,7,12-15,26H2,(H,27,32)(H,28,31)(H,34,35). The van der Waals surface area contributed by atoms with Crippen LogP contribution in [0.5, 0.6) is 5.75 Å². The Morgan fingerprint density at radius 1 is 1.00 bits per heavy atom. The van der Waals surface area contributed by atoms with E-state index in [1.54, 1.807) is 12.1 Å². The second-order valence-electron chi connectivity index (χ2n) is 8.53. The Hall–Kier alpha value is -3.92. The zero-order valence-electron chi connectivity index (χ0n) is 19.2. The summed E-state index contributed by atoms with van der Waals surface area (Å²) >= 11 is 0. The molecule has 1 heterocycles. The zero-order valence-corrected chi connectivity index (χ0v) is 19.2. The number of nitrogens with one attached hydrogen (secondary N) is 2. The normalized spacial score (nSPS) is 16.8. The SMILES string of the molecule is NC(Cc1ccc(O)cc1)C(=O)NCC(=O)NC(Cc1ccccc1)C(=O)N1CCCC1C(=O)O. The Balaban J connectivity index is 1.60. The van der Waals surface area contributed by atoms with Crippen LogP contribution >= 0.6 is 0 Å². The average molecular weight is 483 g/mol. The maximum atomic E-state index is 13.2. The summed E-state index contributed by atoms with van der Waals surface area (Å²) in [6.07, 6.45) is 1.34. The molecule has 10 heteroatoms. The predicted octanol–water partition coefficient (Wildman–Crippen LogP) is 0.181. The average Bonchev–Trinajstić information content (AvgIpc) is 3.34. The monoisotopic (exact) mass is 482 g/mol. The number of aliphatic carboxylic acids is 1. The Bertz CT molecular complexity index is 1040. The molecule has 1 aliphatic heterocycles. The van der Waals surface area contributed by atoms with E-state index in [0.717, 1.165) is 11.1 Å². The highest BCUT2D eigenvalue weighted by atomic mass is 16.4. The summed E-state index contributed by atoms with van der Waals surface area (Å²) in [6, 6.07) is 12.6. The van der Waals surface area contributed by atoms with Crippen LogP contribution < -0.4 is 16.4 Å². The second kappa shape index (κ2) is 12.0. The number of likely N-dealkylation sites (tertiary alicyclic amines) is 1. The van der Waals surface area contributed by atoms with Crippen LogP contribution in [-0.2, 0) is 32.0 Å². The fraction of sp³-hybridized carbons (Fsp3) is 0.360. The van der Waals surface area contributed by atoms with Gasteiger partial charge in [0.05, 0.1) is 12.6 Å². The molecule has 2 aromatic carbocycles. The molecular weight excluding hydrogens is 452 g/mol. The van der Waals surface area contributed by atoms with E-state index in [4.69, 9.17) is 5.73 Å². The molecule has 0 saturated carbocycles. The third-order valence-corrected chi connectivity index (χ3v) is 5.89. The van der Waals surface area contributed by atoms with Crippen molar-refractivity contribution in [3.8, 4) is 5.75 Å². The first-order chi connectivity index (χ1) is 16.7. The third kappa shape index (κ3) is 7.28. The van der Waals surface area contributed by atoms with Gasteiger partial charge < -0.3 is 31.5 Å². The van der Waals surface area contributed by atoms with Gasteiger partial charge in [-0.2, -0.15) is 0 Å². The number of carboxylic acid groups (broad SMARTS) is 1. The number of nitrogens with two attached hydrogens (primary N) is 1. The van der Waals surface area contributed by atoms with Gasteiger partial charge in [-0.1, -0.05) is 42.5 Å². The Kier molecular flexibility index (Phi) is 8.80. The lowest BCUT2D eigenvalue weighted by Gasteiger charge is -2.27. The molecule has 0 aromatic heterocycles. The largest absolute Gasteiger partial charge is 0.508 e. The molecule has 2 aromatic rings. The van der Waals surface area contributed by atoms with Crippen molar-refractivity contribution >= 4 is 23.7 Å². The number of aromatic hydroxyl groups is 1. The van der Waals surface area contributed by atoms with Gasteiger partial charge >= 0.3 is 5.97 Å². The molecule has 35 heavy (non-hydrogen) atoms. The van der Waals surface area contributed by atoms with Crippen LogP contribution in [0, 0.1) is 0 Å². The Morgan fingerprint density at radius 2 is 1.66 bits per heavy atom. The number of hydrogen-bond donors (Lipinski definition) is 5. The maximum absolute atomic E-state index is 13.2. The summed E-state index contributed by atoms with van der Waals surface area (Å²) in [5.41, 5.74) is 7.48. The number of benzene rings is 2. The number of rotatable bonds is 10. The predicted molar refractivity (Wildman–Crippen MR) is 127 cm³/mol. The minimum atomic E-state index is -1.07. The summed E-state index contributed by atoms with van der Waals surface area (Å²) in [7, 11) is 0. The van der Waals surface area contributed by atoms with Crippen molar-refractivity contribution in [2.24, 2.45) is 5.73 Å². The van der Waals surface area contributed by atoms with E-state index in [1.165, 1.54) is 17.0 Å². The highest BCUT2D eigenvalue weighted by Gasteiger charge is 2.37. The third-order valence-electron chi connectivity index (χ3n) is 5.89. The highest BCUT2D eigenvalue weighted by molar-refractivity contribution is 5.93. The van der Waals surface area contributed by atoms with Crippen LogP contribution in [0.15, 0.2) is 54.6 Å². The van der Waals surface area contributed by atoms with Crippen LogP contribution in [0.2, 0.25) is 0 Å². The summed E-state index contributed by atoms with van der Waals surface area (Å²) in [5, 5.41) is 23.9. The summed E-state index contributed by atoms with van der Waals surface area (Å²) in [6.45, 7) is -0.0805. The molecule has 0 spiro atoms. The first kappa shape index (κ1) is 25.7. The van der Waals surface area contributed by atoms with Crippen molar-refractivity contribution in [1.29, 1.82) is 0 Å². The summed E-state index contributed by atoms with van der Waals surface area (Å²) in [4.78, 5) is 51.0. The first-order valence-corrected chi connectivity index (χ1v) is 11.4. The smallest absolute Gasteiger partial charge is 0.326 e. The second-order valence-corrected chi connectivity index (χ2v) is 8.53. The van der Waals surface area contributed by atoms with E-state index >= 15 is 0 Å². The van der Waals surface area contributed by atoms with Crippen molar-refractivity contribution in [3.05, 3.63) is 65.7 Å². The van der Waals surface area contributed by atoms with Gasteiger partial charge in [0.2, 0.25) is 17.7 Å². The lowest BCUT2D eigenvalue weighted by atomic mass is 10.0. The number of amides is 3. The molecule has 1 aliphatic rings. The van der Waals surface area contributed by atoms with Crippen LogP contribution in [0.25, 0.3) is 0 Å². The van der Waals surface area contributed by atoms with Crippen LogP contribution in [0.3, 0.4) is 0 Å². The fourth-order valence-corrected chi connectivity index (χ4v) is 4.06. The molecule has 0 radical (unpaired) electrons. The molecule has 0 bridgehead atoms. The number of phenolic OH excluding ortho intramolecular Hbond substituents is 1. The van der Waals surface area contributed by atoms with Gasteiger partial charge in [-0.25, -0.2) is 4.79 Å². The van der Waals surface area contributed by atoms with E-state index in [9.17, 15) is 29.4 Å². The van der Waals surface area contributed by atoms with Crippen LogP contribution in [0.4, 0.5) is 0 Å². The summed E-state index contributed by atoms with van der Waals surface area (Å²) < 4.78 is 0. The molecule has 1 saturated heterocycles. The highest BCUT2D eigenvalue weighted by Crippen LogP contribution is 2.19. The molecule has 3 atom stereocenters. The number of carbonyl (C=O) groups excluding carboxylic acids is 3. The number of nitrogens with zero attached hydrogens (tertiary/aromatic N) is 1. The molecule has 0 aliphatic carbocycles. The van der Waals surface area contributed by atoms with E-state index < -0.39 is 41.8 Å². The molecule has 3 amide bonds. The van der Waals surface area contributed by atoms with Gasteiger partial charge in [0.25, 0.3) is 0 Å². The minimum Gasteiger partial charge on any atom is -0.508 e. The molecule has 1 fully saturated rings. The number of phenols is 1. The van der Waals surface area contributed by atoms with Crippen molar-refractivity contribution in [2.45, 2.75) is 43.8 Å². The lowest BCUT2D eigenvalue weighted by Crippen LogP contribution is -2.54. The molecular formula is C25H30N4O6. The topological polar surface area (TPSA) is 162 Å². The van der Waals surface area contributed by atoms with Gasteiger partial charge in [-0.15, -0.1) is 0 Å². The Labute approximate surface area is 203 Å². The molecule has 10 nitrogen and oxygen atoms in total. The van der Waals surface area contributed by atoms with Crippen molar-refractivity contribution in [2.75, 3.05) is 13.1 Å². The molecule has 6 N–H and O–H groups in total. The minimum absolute atomic E-state index is 0.103. The van der Waals surface area contributed by atoms with Crippen LogP contribution in [0.1, 0.15) is 24.0 Å². The van der Waals surface area contributed by atoms with Gasteiger partial charge in [-0.05, 0) is 42.5 Å². The van der Waals surface area contributed by atoms with Gasteiger partial charge in [0, 0.05) is 13.0 Å². The molecule has 3 unspecified atom stereocenters. The molecule has 3 rings (SSSR count). The van der Waals surface area contributed by atoms with Crippen molar-refractivity contribution in [1.82, 2.24) is 15.5 Å². The van der Waals surface area contributed by atoms with Gasteiger partial charge in [0.15, 0.2) is 0 Å². The van der Waals surface area contributed by atoms with Crippen molar-refractivity contribution in [3.63, 3.8) is 0 Å². The van der Waals surface area contributed by atoms with Gasteiger partial charge in [-0.3, -0.25) is 14.4 Å². The number of carboxylic acids is 1. The van der Waals surface area contributed by atoms with Crippen LogP contribution in [-0.4, -0.2) is 70.0 Å². The van der Waals surface area contributed by atoms with E-state index in [1.807, 2.05) is 30.3 Å². The Morgan fingerprint density at radius 3 is 2.31 bits per heavy atom. The fourth-order valence-electron chi connectivity index (χ4n) is 4.06. The summed E-state index contributed by atoms with van der Waals surface area (Å²) in [5.74, 6) is -2.56. The van der Waals surface area contributed by atoms with E-state index in [2.05, 4.69) is 10.6 Å². The first-order valence-electron chi connectivity index (χ1n) is 11.4. The number of carbonyl (C=O) groups is 4. The van der Waals surface area contributed by atoms with E-state index in [-0.39, 0.29) is 25.1 Å². The maximum Gasteiger partial charge on any atom is 0.326 e. The van der Waals surface area contributed by atoms with Crippen molar-refractivity contribution < 1.29 is 29.4 Å². The van der Waals surface area contributed by atoms with E-state index in [0.29, 0.717) is 19.4 Å². The quantitative estimate of drug-likeness (QED) is 0.323.